The number of anilines is 1. The largest absolute Gasteiger partial charge is 0.357 e. The minimum absolute atomic E-state index is 0.0735. The molecule has 8 heteroatoms. The molecule has 0 aromatic carbocycles. The Morgan fingerprint density at radius 2 is 1.94 bits per heavy atom. The van der Waals surface area contributed by atoms with Crippen LogP contribution in [0.25, 0.3) is 6.08 Å². The molecule has 1 amide bonds. The number of carbonyl (C=O) groups excluding carboxylic acids is 1. The number of rotatable bonds is 9. The molecule has 0 spiro atoms. The lowest BCUT2D eigenvalue weighted by molar-refractivity contribution is -0.122. The zero-order valence-electron chi connectivity index (χ0n) is 20.9. The van der Waals surface area contributed by atoms with Crippen molar-refractivity contribution in [2.24, 2.45) is 5.92 Å². The van der Waals surface area contributed by atoms with Crippen molar-refractivity contribution in [1.82, 2.24) is 9.47 Å². The molecule has 0 aliphatic carbocycles. The summed E-state index contributed by atoms with van der Waals surface area (Å²) < 4.78 is 2.28. The van der Waals surface area contributed by atoms with E-state index in [1.807, 2.05) is 19.9 Å². The van der Waals surface area contributed by atoms with Crippen molar-refractivity contribution >= 4 is 46.1 Å². The van der Waals surface area contributed by atoms with Crippen molar-refractivity contribution in [3.63, 3.8) is 0 Å². The number of thioether (sulfide) groups is 1. The minimum atomic E-state index is -0.257. The van der Waals surface area contributed by atoms with Crippen LogP contribution in [0.3, 0.4) is 0 Å². The molecular weight excluding hydrogens is 464 g/mol. The highest BCUT2D eigenvalue weighted by Crippen LogP contribution is 2.37. The van der Waals surface area contributed by atoms with Gasteiger partial charge in [0.15, 0.2) is 0 Å². The van der Waals surface area contributed by atoms with Gasteiger partial charge in [0.05, 0.1) is 4.91 Å². The molecule has 2 aliphatic heterocycles. The lowest BCUT2D eigenvalue weighted by atomic mass is 9.98. The van der Waals surface area contributed by atoms with Gasteiger partial charge in [0.1, 0.15) is 21.8 Å². The summed E-state index contributed by atoms with van der Waals surface area (Å²) in [4.78, 5) is 30.9. The van der Waals surface area contributed by atoms with E-state index >= 15 is 0 Å². The van der Waals surface area contributed by atoms with E-state index in [1.54, 1.807) is 9.47 Å². The second-order valence-electron chi connectivity index (χ2n) is 9.34. The Morgan fingerprint density at radius 3 is 2.59 bits per heavy atom. The van der Waals surface area contributed by atoms with Crippen LogP contribution in [0.2, 0.25) is 0 Å². The standard InChI is InChI=1S/C26H36N4O2S2/c1-5-7-8-9-10-14-30-25(32)22(34-26(30)33)15-20-19(4)21(16-27)24(31)29(6-2)23(20)28-13-11-12-18(3)17-28/h15,18H,5-14,17H2,1-4H3/b22-15+. The van der Waals surface area contributed by atoms with Crippen LogP contribution in [0.4, 0.5) is 5.82 Å². The normalized spacial score (nSPS) is 19.9. The number of nitrogens with zero attached hydrogens (tertiary/aromatic N) is 4. The molecule has 1 aromatic heterocycles. The molecule has 1 unspecified atom stereocenters. The maximum absolute atomic E-state index is 13.3. The highest BCUT2D eigenvalue weighted by atomic mass is 32.2. The first-order valence-corrected chi connectivity index (χ1v) is 13.7. The lowest BCUT2D eigenvalue weighted by Crippen LogP contribution is -2.40. The molecule has 184 valence electrons. The first-order chi connectivity index (χ1) is 16.3. The molecule has 0 N–H and O–H groups in total. The SMILES string of the molecule is CCCCCCCN1C(=O)/C(=C\c2c(C)c(C#N)c(=O)n(CC)c2N2CCCC(C)C2)SC1=S. The zero-order chi connectivity index (χ0) is 24.8. The van der Waals surface area contributed by atoms with Gasteiger partial charge in [-0.1, -0.05) is 63.5 Å². The third-order valence-corrected chi connectivity index (χ3v) is 8.13. The lowest BCUT2D eigenvalue weighted by Gasteiger charge is -2.35. The van der Waals surface area contributed by atoms with Crippen LogP contribution < -0.4 is 10.5 Å². The Labute approximate surface area is 213 Å². The molecule has 3 heterocycles. The Morgan fingerprint density at radius 1 is 1.21 bits per heavy atom. The van der Waals surface area contributed by atoms with Gasteiger partial charge in [-0.05, 0) is 50.7 Å². The fraction of sp³-hybridized carbons (Fsp3) is 0.615. The summed E-state index contributed by atoms with van der Waals surface area (Å²) in [5.41, 5.74) is 1.31. The van der Waals surface area contributed by atoms with E-state index in [2.05, 4.69) is 24.8 Å². The fourth-order valence-corrected chi connectivity index (χ4v) is 6.15. The second-order valence-corrected chi connectivity index (χ2v) is 11.0. The summed E-state index contributed by atoms with van der Waals surface area (Å²) in [5, 5.41) is 9.74. The summed E-state index contributed by atoms with van der Waals surface area (Å²) in [6.07, 6.45) is 9.68. The predicted molar refractivity (Wildman–Crippen MR) is 145 cm³/mol. The van der Waals surface area contributed by atoms with Crippen molar-refractivity contribution in [1.29, 1.82) is 5.26 Å². The molecule has 34 heavy (non-hydrogen) atoms. The molecule has 0 saturated carbocycles. The first kappa shape index (κ1) is 26.5. The van der Waals surface area contributed by atoms with Gasteiger partial charge in [0, 0.05) is 31.7 Å². The van der Waals surface area contributed by atoms with Gasteiger partial charge in [0.25, 0.3) is 11.5 Å². The number of amides is 1. The van der Waals surface area contributed by atoms with E-state index in [1.165, 1.54) is 31.0 Å². The molecule has 0 bridgehead atoms. The van der Waals surface area contributed by atoms with Crippen molar-refractivity contribution in [3.05, 3.63) is 31.9 Å². The topological polar surface area (TPSA) is 69.3 Å². The Balaban J connectivity index is 2.01. The van der Waals surface area contributed by atoms with E-state index in [4.69, 9.17) is 12.2 Å². The molecule has 3 rings (SSSR count). The molecule has 6 nitrogen and oxygen atoms in total. The number of carbonyl (C=O) groups is 1. The van der Waals surface area contributed by atoms with Crippen LogP contribution in [0.15, 0.2) is 9.70 Å². The van der Waals surface area contributed by atoms with Gasteiger partial charge in [-0.2, -0.15) is 5.26 Å². The van der Waals surface area contributed by atoms with Gasteiger partial charge in [-0.3, -0.25) is 19.1 Å². The summed E-state index contributed by atoms with van der Waals surface area (Å²) in [7, 11) is 0. The molecule has 1 atom stereocenters. The van der Waals surface area contributed by atoms with E-state index in [0.717, 1.165) is 50.2 Å². The zero-order valence-corrected chi connectivity index (χ0v) is 22.5. The first-order valence-electron chi connectivity index (χ1n) is 12.5. The van der Waals surface area contributed by atoms with Crippen LogP contribution in [0.5, 0.6) is 0 Å². The summed E-state index contributed by atoms with van der Waals surface area (Å²) in [6, 6.07) is 2.11. The van der Waals surface area contributed by atoms with Crippen molar-refractivity contribution in [2.45, 2.75) is 79.2 Å². The Hall–Kier alpha value is -2.11. The molecule has 2 saturated heterocycles. The van der Waals surface area contributed by atoms with Gasteiger partial charge < -0.3 is 4.90 Å². The highest BCUT2D eigenvalue weighted by Gasteiger charge is 2.33. The minimum Gasteiger partial charge on any atom is -0.357 e. The maximum atomic E-state index is 13.3. The number of hydrogen-bond donors (Lipinski definition) is 0. The third-order valence-electron chi connectivity index (χ3n) is 6.75. The molecule has 0 radical (unpaired) electrons. The van der Waals surface area contributed by atoms with Crippen molar-refractivity contribution < 1.29 is 4.79 Å². The van der Waals surface area contributed by atoms with Gasteiger partial charge in [-0.15, -0.1) is 0 Å². The molecular formula is C26H36N4O2S2. The number of nitriles is 1. The van der Waals surface area contributed by atoms with E-state index in [9.17, 15) is 14.9 Å². The van der Waals surface area contributed by atoms with E-state index in [0.29, 0.717) is 33.8 Å². The number of hydrogen-bond acceptors (Lipinski definition) is 6. The van der Waals surface area contributed by atoms with Gasteiger partial charge in [-0.25, -0.2) is 0 Å². The van der Waals surface area contributed by atoms with Crippen LogP contribution in [0.1, 0.15) is 82.4 Å². The number of pyridine rings is 1. The highest BCUT2D eigenvalue weighted by molar-refractivity contribution is 8.26. The summed E-state index contributed by atoms with van der Waals surface area (Å²) in [5.74, 6) is 1.26. The fourth-order valence-electron chi connectivity index (χ4n) is 4.86. The van der Waals surface area contributed by atoms with Crippen LogP contribution >= 0.6 is 24.0 Å². The summed E-state index contributed by atoms with van der Waals surface area (Å²) in [6.45, 7) is 11.0. The number of unbranched alkanes of at least 4 members (excludes halogenated alkanes) is 4. The molecule has 1 aromatic rings. The second kappa shape index (κ2) is 12.0. The Bertz CT molecular complexity index is 1070. The molecule has 2 fully saturated rings. The number of thiocarbonyl (C=S) groups is 1. The van der Waals surface area contributed by atoms with Crippen LogP contribution in [0, 0.1) is 24.2 Å². The molecule has 2 aliphatic rings. The van der Waals surface area contributed by atoms with Crippen molar-refractivity contribution in [3.8, 4) is 6.07 Å². The van der Waals surface area contributed by atoms with Crippen LogP contribution in [-0.4, -0.2) is 39.3 Å². The smallest absolute Gasteiger partial charge is 0.270 e. The van der Waals surface area contributed by atoms with Gasteiger partial charge in [0.2, 0.25) is 0 Å². The van der Waals surface area contributed by atoms with E-state index in [-0.39, 0.29) is 17.0 Å². The predicted octanol–water partition coefficient (Wildman–Crippen LogP) is 5.46. The van der Waals surface area contributed by atoms with E-state index < -0.39 is 0 Å². The van der Waals surface area contributed by atoms with Crippen molar-refractivity contribution in [2.75, 3.05) is 24.5 Å². The average molecular weight is 501 g/mol. The number of aromatic nitrogens is 1. The number of piperidine rings is 1. The monoisotopic (exact) mass is 500 g/mol. The summed E-state index contributed by atoms with van der Waals surface area (Å²) >= 11 is 6.87. The average Bonchev–Trinajstić information content (AvgIpc) is 3.08. The van der Waals surface area contributed by atoms with Gasteiger partial charge >= 0.3 is 0 Å². The van der Waals surface area contributed by atoms with Crippen LogP contribution in [-0.2, 0) is 11.3 Å². The maximum Gasteiger partial charge on any atom is 0.270 e. The Kier molecular flexibility index (Phi) is 9.38. The quantitative estimate of drug-likeness (QED) is 0.255. The third kappa shape index (κ3) is 5.58.